The molecule has 0 radical (unpaired) electrons. The summed E-state index contributed by atoms with van der Waals surface area (Å²) in [5, 5.41) is 0. The average Bonchev–Trinajstić information content (AvgIpc) is 2.82. The Morgan fingerprint density at radius 2 is 1.24 bits per heavy atom. The van der Waals surface area contributed by atoms with Gasteiger partial charge in [-0.15, -0.1) is 0 Å². The molecule has 2 rings (SSSR count). The smallest absolute Gasteiger partial charge is 0.343 e. The summed E-state index contributed by atoms with van der Waals surface area (Å²) in [6, 6.07) is 13.4. The van der Waals surface area contributed by atoms with Crippen LogP contribution in [0.5, 0.6) is 11.5 Å². The third-order valence-corrected chi connectivity index (χ3v) is 5.43. The van der Waals surface area contributed by atoms with E-state index in [2.05, 4.69) is 13.8 Å². The lowest BCUT2D eigenvalue weighted by atomic mass is 10.1. The number of ether oxygens (including phenoxy) is 3. The molecule has 5 nitrogen and oxygen atoms in total. The first-order chi connectivity index (χ1) is 16.0. The van der Waals surface area contributed by atoms with Crippen molar-refractivity contribution in [1.29, 1.82) is 0 Å². The molecule has 0 aliphatic rings. The summed E-state index contributed by atoms with van der Waals surface area (Å²) in [4.78, 5) is 24.7. The Labute approximate surface area is 198 Å². The Kier molecular flexibility index (Phi) is 12.1. The highest BCUT2D eigenvalue weighted by molar-refractivity contribution is 5.92. The van der Waals surface area contributed by atoms with E-state index in [1.807, 2.05) is 6.92 Å². The van der Waals surface area contributed by atoms with Gasteiger partial charge in [0.1, 0.15) is 11.5 Å². The molecule has 33 heavy (non-hydrogen) atoms. The van der Waals surface area contributed by atoms with Crippen molar-refractivity contribution < 1.29 is 23.8 Å². The van der Waals surface area contributed by atoms with E-state index in [0.29, 0.717) is 23.5 Å². The maximum atomic E-state index is 12.4. The van der Waals surface area contributed by atoms with E-state index >= 15 is 0 Å². The number of esters is 2. The van der Waals surface area contributed by atoms with Gasteiger partial charge in [0.15, 0.2) is 0 Å². The fraction of sp³-hybridized carbons (Fsp3) is 0.500. The summed E-state index contributed by atoms with van der Waals surface area (Å²) in [6.07, 6.45) is 9.96. The van der Waals surface area contributed by atoms with Crippen molar-refractivity contribution in [3.63, 3.8) is 0 Å². The minimum absolute atomic E-state index is 0.116. The van der Waals surface area contributed by atoms with Gasteiger partial charge < -0.3 is 14.2 Å². The van der Waals surface area contributed by atoms with Crippen LogP contribution in [0.15, 0.2) is 48.5 Å². The maximum absolute atomic E-state index is 12.4. The van der Waals surface area contributed by atoms with Crippen molar-refractivity contribution in [2.75, 3.05) is 6.61 Å². The van der Waals surface area contributed by atoms with Gasteiger partial charge in [0.2, 0.25) is 0 Å². The van der Waals surface area contributed by atoms with Crippen LogP contribution in [0, 0.1) is 0 Å². The van der Waals surface area contributed by atoms with Crippen LogP contribution >= 0.6 is 0 Å². The van der Waals surface area contributed by atoms with Crippen LogP contribution in [0.25, 0.3) is 0 Å². The van der Waals surface area contributed by atoms with Crippen LogP contribution in [0.1, 0.15) is 99.3 Å². The Morgan fingerprint density at radius 3 is 1.85 bits per heavy atom. The molecule has 0 saturated heterocycles. The molecule has 180 valence electrons. The molecule has 0 fully saturated rings. The monoisotopic (exact) mass is 454 g/mol. The second-order valence-corrected chi connectivity index (χ2v) is 8.41. The number of carbonyl (C=O) groups excluding carboxylic acids is 2. The Balaban J connectivity index is 1.79. The largest absolute Gasteiger partial charge is 0.494 e. The van der Waals surface area contributed by atoms with Gasteiger partial charge in [0.25, 0.3) is 0 Å². The zero-order valence-electron chi connectivity index (χ0n) is 20.3. The summed E-state index contributed by atoms with van der Waals surface area (Å²) in [5.41, 5.74) is 0.879. The molecule has 2 aromatic rings. The number of rotatable bonds is 15. The molecule has 5 heteroatoms. The highest BCUT2D eigenvalue weighted by atomic mass is 16.5. The molecule has 0 heterocycles. The van der Waals surface area contributed by atoms with Gasteiger partial charge in [-0.3, -0.25) is 0 Å². The molecule has 0 N–H and O–H groups in total. The first-order valence-electron chi connectivity index (χ1n) is 12.3. The highest BCUT2D eigenvalue weighted by Crippen LogP contribution is 2.18. The normalized spacial score (nSPS) is 11.6. The zero-order chi connectivity index (χ0) is 23.9. The lowest BCUT2D eigenvalue weighted by molar-refractivity contribution is 0.0319. The van der Waals surface area contributed by atoms with Gasteiger partial charge >= 0.3 is 11.9 Å². The molecule has 0 aliphatic carbocycles. The fourth-order valence-corrected chi connectivity index (χ4v) is 3.40. The van der Waals surface area contributed by atoms with Crippen molar-refractivity contribution in [3.05, 3.63) is 59.7 Å². The molecule has 0 aromatic heterocycles. The molecule has 0 unspecified atom stereocenters. The van der Waals surface area contributed by atoms with Crippen LogP contribution in [-0.2, 0) is 4.74 Å². The van der Waals surface area contributed by atoms with Crippen LogP contribution in [0.3, 0.4) is 0 Å². The van der Waals surface area contributed by atoms with Gasteiger partial charge in [0, 0.05) is 0 Å². The fourth-order valence-electron chi connectivity index (χ4n) is 3.40. The Hall–Kier alpha value is -2.82. The van der Waals surface area contributed by atoms with Crippen molar-refractivity contribution in [2.45, 2.75) is 84.7 Å². The second kappa shape index (κ2) is 15.1. The van der Waals surface area contributed by atoms with E-state index in [1.165, 1.54) is 25.7 Å². The molecule has 0 bridgehead atoms. The standard InChI is InChI=1S/C28H38O5/c1-4-6-8-10-12-22(3)32-27(29)23-15-19-26(20-16-23)33-28(30)24-13-17-25(18-14-24)31-21-11-9-7-5-2/h13-20,22H,4-12,21H2,1-3H3/t22-/m0/s1. The lowest BCUT2D eigenvalue weighted by Gasteiger charge is -2.13. The molecular formula is C28H38O5. The maximum Gasteiger partial charge on any atom is 0.343 e. The van der Waals surface area contributed by atoms with E-state index in [1.54, 1.807) is 48.5 Å². The summed E-state index contributed by atoms with van der Waals surface area (Å²) >= 11 is 0. The van der Waals surface area contributed by atoms with Crippen LogP contribution in [0.2, 0.25) is 0 Å². The first-order valence-corrected chi connectivity index (χ1v) is 12.3. The van der Waals surface area contributed by atoms with Crippen molar-refractivity contribution in [1.82, 2.24) is 0 Å². The van der Waals surface area contributed by atoms with Crippen LogP contribution in [0.4, 0.5) is 0 Å². The molecule has 1 atom stereocenters. The SMILES string of the molecule is CCCCCCOc1ccc(C(=O)Oc2ccc(C(=O)O[C@@H](C)CCCCCC)cc2)cc1. The first kappa shape index (κ1) is 26.4. The van der Waals surface area contributed by atoms with E-state index < -0.39 is 5.97 Å². The van der Waals surface area contributed by atoms with Crippen molar-refractivity contribution >= 4 is 11.9 Å². The summed E-state index contributed by atoms with van der Waals surface area (Å²) in [6.45, 7) is 6.95. The molecule has 0 saturated carbocycles. The van der Waals surface area contributed by atoms with E-state index in [4.69, 9.17) is 14.2 Å². The van der Waals surface area contributed by atoms with E-state index in [0.717, 1.165) is 37.9 Å². The zero-order valence-corrected chi connectivity index (χ0v) is 20.3. The average molecular weight is 455 g/mol. The topological polar surface area (TPSA) is 61.8 Å². The van der Waals surface area contributed by atoms with Gasteiger partial charge in [-0.25, -0.2) is 9.59 Å². The molecular weight excluding hydrogens is 416 g/mol. The third kappa shape index (κ3) is 10.1. The number of hydrogen-bond acceptors (Lipinski definition) is 5. The number of unbranched alkanes of at least 4 members (excludes halogenated alkanes) is 6. The van der Waals surface area contributed by atoms with E-state index in [-0.39, 0.29) is 12.1 Å². The van der Waals surface area contributed by atoms with Crippen molar-refractivity contribution in [3.8, 4) is 11.5 Å². The molecule has 0 spiro atoms. The van der Waals surface area contributed by atoms with Gasteiger partial charge in [-0.1, -0.05) is 52.4 Å². The Bertz CT molecular complexity index is 826. The number of carbonyl (C=O) groups is 2. The predicted octanol–water partition coefficient (Wildman–Crippen LogP) is 7.38. The summed E-state index contributed by atoms with van der Waals surface area (Å²) < 4.78 is 16.6. The summed E-state index contributed by atoms with van der Waals surface area (Å²) in [5.74, 6) is 0.299. The third-order valence-electron chi connectivity index (χ3n) is 5.43. The van der Waals surface area contributed by atoms with Crippen LogP contribution < -0.4 is 9.47 Å². The van der Waals surface area contributed by atoms with Gasteiger partial charge in [0.05, 0.1) is 23.8 Å². The molecule has 2 aromatic carbocycles. The summed E-state index contributed by atoms with van der Waals surface area (Å²) in [7, 11) is 0. The van der Waals surface area contributed by atoms with Crippen LogP contribution in [-0.4, -0.2) is 24.6 Å². The lowest BCUT2D eigenvalue weighted by Crippen LogP contribution is -2.15. The van der Waals surface area contributed by atoms with Crippen molar-refractivity contribution in [2.24, 2.45) is 0 Å². The predicted molar refractivity (Wildman–Crippen MR) is 131 cm³/mol. The second-order valence-electron chi connectivity index (χ2n) is 8.41. The Morgan fingerprint density at radius 1 is 0.697 bits per heavy atom. The van der Waals surface area contributed by atoms with Gasteiger partial charge in [-0.2, -0.15) is 0 Å². The highest BCUT2D eigenvalue weighted by Gasteiger charge is 2.13. The number of benzene rings is 2. The quantitative estimate of drug-likeness (QED) is 0.160. The number of hydrogen-bond donors (Lipinski definition) is 0. The molecule has 0 aliphatic heterocycles. The minimum Gasteiger partial charge on any atom is -0.494 e. The van der Waals surface area contributed by atoms with E-state index in [9.17, 15) is 9.59 Å². The van der Waals surface area contributed by atoms with Gasteiger partial charge in [-0.05, 0) is 74.7 Å². The molecule has 0 amide bonds. The minimum atomic E-state index is -0.458.